The van der Waals surface area contributed by atoms with E-state index in [0.717, 1.165) is 25.8 Å². The van der Waals surface area contributed by atoms with Crippen molar-refractivity contribution in [2.24, 2.45) is 5.92 Å². The zero-order valence-electron chi connectivity index (χ0n) is 4.76. The summed E-state index contributed by atoms with van der Waals surface area (Å²) in [5, 5.41) is 3.12. The standard InChI is InChI=1S/C6H10NO/c8-5-6-2-1-3-7-4-6/h2,5-7H,1,3-4H2. The summed E-state index contributed by atoms with van der Waals surface area (Å²) in [6.07, 6.45) is 4.08. The van der Waals surface area contributed by atoms with E-state index in [1.807, 2.05) is 0 Å². The Balaban J connectivity index is 2.22. The summed E-state index contributed by atoms with van der Waals surface area (Å²) in [6, 6.07) is 0. The zero-order valence-corrected chi connectivity index (χ0v) is 4.76. The highest BCUT2D eigenvalue weighted by Gasteiger charge is 2.10. The highest BCUT2D eigenvalue weighted by molar-refractivity contribution is 5.56. The van der Waals surface area contributed by atoms with Crippen molar-refractivity contribution < 1.29 is 4.79 Å². The van der Waals surface area contributed by atoms with Crippen LogP contribution in [0.4, 0.5) is 0 Å². The number of carbonyl (C=O) groups excluding carboxylic acids is 1. The lowest BCUT2D eigenvalue weighted by Crippen LogP contribution is -2.30. The Morgan fingerprint density at radius 3 is 3.00 bits per heavy atom. The van der Waals surface area contributed by atoms with E-state index in [4.69, 9.17) is 0 Å². The minimum Gasteiger partial charge on any atom is -0.316 e. The lowest BCUT2D eigenvalue weighted by Gasteiger charge is -2.16. The molecule has 0 saturated carbocycles. The van der Waals surface area contributed by atoms with E-state index in [-0.39, 0.29) is 5.92 Å². The van der Waals surface area contributed by atoms with Crippen LogP contribution in [-0.4, -0.2) is 19.4 Å². The van der Waals surface area contributed by atoms with Crippen molar-refractivity contribution in [1.82, 2.24) is 5.32 Å². The zero-order chi connectivity index (χ0) is 5.82. The van der Waals surface area contributed by atoms with Gasteiger partial charge in [0.1, 0.15) is 6.29 Å². The maximum atomic E-state index is 10.1. The van der Waals surface area contributed by atoms with Gasteiger partial charge in [-0.2, -0.15) is 0 Å². The summed E-state index contributed by atoms with van der Waals surface area (Å²) in [7, 11) is 0. The van der Waals surface area contributed by atoms with Gasteiger partial charge in [0.25, 0.3) is 0 Å². The maximum absolute atomic E-state index is 10.1. The normalized spacial score (nSPS) is 29.8. The summed E-state index contributed by atoms with van der Waals surface area (Å²) in [6.45, 7) is 1.87. The second-order valence-corrected chi connectivity index (χ2v) is 2.03. The first-order chi connectivity index (χ1) is 3.93. The van der Waals surface area contributed by atoms with Crippen LogP contribution in [0.15, 0.2) is 0 Å². The van der Waals surface area contributed by atoms with Gasteiger partial charge in [0.05, 0.1) is 0 Å². The van der Waals surface area contributed by atoms with Crippen molar-refractivity contribution in [2.75, 3.05) is 13.1 Å². The molecule has 1 aliphatic rings. The Labute approximate surface area is 49.3 Å². The van der Waals surface area contributed by atoms with Gasteiger partial charge in [0, 0.05) is 12.5 Å². The maximum Gasteiger partial charge on any atom is 0.124 e. The highest BCUT2D eigenvalue weighted by atomic mass is 16.1. The molecule has 1 saturated heterocycles. The molecule has 0 aromatic heterocycles. The second kappa shape index (κ2) is 2.82. The molecule has 1 heterocycles. The fourth-order valence-corrected chi connectivity index (χ4v) is 0.855. The van der Waals surface area contributed by atoms with Crippen LogP contribution in [0.3, 0.4) is 0 Å². The fraction of sp³-hybridized carbons (Fsp3) is 0.667. The molecule has 1 rings (SSSR count). The van der Waals surface area contributed by atoms with Gasteiger partial charge in [-0.3, -0.25) is 0 Å². The predicted molar refractivity (Wildman–Crippen MR) is 31.3 cm³/mol. The molecule has 0 aromatic carbocycles. The van der Waals surface area contributed by atoms with Crippen molar-refractivity contribution in [2.45, 2.75) is 6.42 Å². The molecule has 1 N–H and O–H groups in total. The second-order valence-electron chi connectivity index (χ2n) is 2.03. The summed E-state index contributed by atoms with van der Waals surface area (Å²) >= 11 is 0. The molecule has 0 spiro atoms. The molecular formula is C6H10NO. The molecule has 1 radical (unpaired) electrons. The van der Waals surface area contributed by atoms with Gasteiger partial charge in [-0.05, 0) is 19.4 Å². The van der Waals surface area contributed by atoms with Crippen LogP contribution >= 0.6 is 0 Å². The molecule has 0 bridgehead atoms. The number of piperidine rings is 1. The Bertz CT molecular complexity index is 76.6. The van der Waals surface area contributed by atoms with Gasteiger partial charge in [-0.1, -0.05) is 0 Å². The van der Waals surface area contributed by atoms with Crippen molar-refractivity contribution in [1.29, 1.82) is 0 Å². The van der Waals surface area contributed by atoms with E-state index in [9.17, 15) is 4.79 Å². The van der Waals surface area contributed by atoms with Crippen LogP contribution < -0.4 is 5.32 Å². The van der Waals surface area contributed by atoms with Gasteiger partial charge < -0.3 is 10.1 Å². The number of carbonyl (C=O) groups is 1. The van der Waals surface area contributed by atoms with Gasteiger partial charge in [0.2, 0.25) is 0 Å². The van der Waals surface area contributed by atoms with E-state index >= 15 is 0 Å². The number of rotatable bonds is 1. The van der Waals surface area contributed by atoms with Gasteiger partial charge >= 0.3 is 0 Å². The summed E-state index contributed by atoms with van der Waals surface area (Å²) in [5.74, 6) is 0.170. The number of hydrogen-bond donors (Lipinski definition) is 1. The quantitative estimate of drug-likeness (QED) is 0.484. The van der Waals surface area contributed by atoms with Crippen molar-refractivity contribution in [3.63, 3.8) is 0 Å². The lowest BCUT2D eigenvalue weighted by molar-refractivity contribution is -0.110. The molecule has 1 aliphatic heterocycles. The van der Waals surface area contributed by atoms with Crippen molar-refractivity contribution in [3.05, 3.63) is 6.42 Å². The van der Waals surface area contributed by atoms with E-state index in [0.29, 0.717) is 0 Å². The lowest BCUT2D eigenvalue weighted by atomic mass is 10.0. The molecule has 45 valence electrons. The third kappa shape index (κ3) is 1.30. The predicted octanol–water partition coefficient (Wildman–Crippen LogP) is -0.000910. The van der Waals surface area contributed by atoms with Gasteiger partial charge in [-0.25, -0.2) is 0 Å². The van der Waals surface area contributed by atoms with Crippen molar-refractivity contribution >= 4 is 6.29 Å². The third-order valence-corrected chi connectivity index (χ3v) is 1.35. The minimum absolute atomic E-state index is 0.170. The third-order valence-electron chi connectivity index (χ3n) is 1.35. The summed E-state index contributed by atoms with van der Waals surface area (Å²) < 4.78 is 0. The SMILES string of the molecule is O=CC1[CH]CCNC1. The van der Waals surface area contributed by atoms with Crippen LogP contribution in [0.25, 0.3) is 0 Å². The average molecular weight is 112 g/mol. The van der Waals surface area contributed by atoms with E-state index < -0.39 is 0 Å². The number of nitrogens with one attached hydrogen (secondary N) is 1. The van der Waals surface area contributed by atoms with Gasteiger partial charge in [0.15, 0.2) is 0 Å². The highest BCUT2D eigenvalue weighted by Crippen LogP contribution is 2.03. The molecular weight excluding hydrogens is 102 g/mol. The van der Waals surface area contributed by atoms with Crippen LogP contribution in [0.5, 0.6) is 0 Å². The minimum atomic E-state index is 0.170. The first-order valence-corrected chi connectivity index (χ1v) is 2.93. The van der Waals surface area contributed by atoms with E-state index in [1.54, 1.807) is 0 Å². The molecule has 0 amide bonds. The molecule has 1 fully saturated rings. The molecule has 1 atom stereocenters. The first-order valence-electron chi connectivity index (χ1n) is 2.93. The summed E-state index contributed by atoms with van der Waals surface area (Å²) in [5.41, 5.74) is 0. The Hall–Kier alpha value is -0.370. The van der Waals surface area contributed by atoms with Gasteiger partial charge in [-0.15, -0.1) is 0 Å². The summed E-state index contributed by atoms with van der Waals surface area (Å²) in [4.78, 5) is 10.1. The Kier molecular flexibility index (Phi) is 2.03. The molecule has 0 aromatic rings. The largest absolute Gasteiger partial charge is 0.316 e. The molecule has 8 heavy (non-hydrogen) atoms. The molecule has 2 heteroatoms. The fourth-order valence-electron chi connectivity index (χ4n) is 0.855. The van der Waals surface area contributed by atoms with E-state index in [2.05, 4.69) is 11.7 Å². The van der Waals surface area contributed by atoms with Crippen LogP contribution in [0.2, 0.25) is 0 Å². The Morgan fingerprint density at radius 2 is 2.62 bits per heavy atom. The number of aldehydes is 1. The Morgan fingerprint density at radius 1 is 1.75 bits per heavy atom. The topological polar surface area (TPSA) is 29.1 Å². The average Bonchev–Trinajstić information content (AvgIpc) is 1.90. The van der Waals surface area contributed by atoms with Crippen molar-refractivity contribution in [3.8, 4) is 0 Å². The molecule has 1 unspecified atom stereocenters. The van der Waals surface area contributed by atoms with Crippen LogP contribution in [0.1, 0.15) is 6.42 Å². The first kappa shape index (κ1) is 5.76. The molecule has 0 aliphatic carbocycles. The van der Waals surface area contributed by atoms with E-state index in [1.165, 1.54) is 0 Å². The molecule has 2 nitrogen and oxygen atoms in total. The van der Waals surface area contributed by atoms with Crippen LogP contribution in [-0.2, 0) is 4.79 Å². The van der Waals surface area contributed by atoms with Crippen LogP contribution in [0, 0.1) is 12.3 Å². The number of hydrogen-bond acceptors (Lipinski definition) is 2. The smallest absolute Gasteiger partial charge is 0.124 e. The monoisotopic (exact) mass is 112 g/mol.